The molecule has 100 valence electrons. The monoisotopic (exact) mass is 315 g/mol. The van der Waals surface area contributed by atoms with Gasteiger partial charge in [0.1, 0.15) is 0 Å². The van der Waals surface area contributed by atoms with Crippen LogP contribution in [0.3, 0.4) is 0 Å². The molecule has 0 amide bonds. The first-order valence-corrected chi connectivity index (χ1v) is 6.85. The van der Waals surface area contributed by atoms with Crippen LogP contribution in [-0.2, 0) is 6.54 Å². The van der Waals surface area contributed by atoms with Crippen LogP contribution >= 0.6 is 15.9 Å². The third kappa shape index (κ3) is 2.79. The molecule has 18 heavy (non-hydrogen) atoms. The highest BCUT2D eigenvalue weighted by molar-refractivity contribution is 9.10. The van der Waals surface area contributed by atoms with Crippen molar-refractivity contribution >= 4 is 15.9 Å². The van der Waals surface area contributed by atoms with Gasteiger partial charge < -0.3 is 14.9 Å². The fourth-order valence-electron chi connectivity index (χ4n) is 2.42. The van der Waals surface area contributed by atoms with Crippen molar-refractivity contribution in [2.75, 3.05) is 20.3 Å². The minimum Gasteiger partial charge on any atom is -0.503 e. The topological polar surface area (TPSA) is 52.9 Å². The fourth-order valence-corrected chi connectivity index (χ4v) is 2.91. The first-order valence-electron chi connectivity index (χ1n) is 6.06. The zero-order chi connectivity index (χ0) is 13.1. The number of nitrogens with zero attached hydrogens (tertiary/aromatic N) is 1. The number of methoxy groups -OCH3 is 1. The Morgan fingerprint density at radius 3 is 2.94 bits per heavy atom. The molecule has 0 bridgehead atoms. The Labute approximate surface area is 115 Å². The van der Waals surface area contributed by atoms with Crippen LogP contribution in [-0.4, -0.2) is 41.4 Å². The summed E-state index contributed by atoms with van der Waals surface area (Å²) in [5.41, 5.74) is 1.07. The van der Waals surface area contributed by atoms with Crippen LogP contribution in [0, 0.1) is 0 Å². The number of benzene rings is 1. The average molecular weight is 316 g/mol. The number of rotatable bonds is 4. The molecular weight excluding hydrogens is 298 g/mol. The van der Waals surface area contributed by atoms with E-state index in [2.05, 4.69) is 20.8 Å². The maximum absolute atomic E-state index is 9.76. The smallest absolute Gasteiger partial charge is 0.172 e. The van der Waals surface area contributed by atoms with Crippen molar-refractivity contribution in [3.8, 4) is 11.5 Å². The minimum atomic E-state index is 0.126. The first-order chi connectivity index (χ1) is 8.65. The van der Waals surface area contributed by atoms with E-state index in [1.54, 1.807) is 0 Å². The van der Waals surface area contributed by atoms with E-state index in [-0.39, 0.29) is 18.4 Å². The van der Waals surface area contributed by atoms with E-state index in [0.717, 1.165) is 31.5 Å². The summed E-state index contributed by atoms with van der Waals surface area (Å²) >= 11 is 3.32. The highest BCUT2D eigenvalue weighted by atomic mass is 79.9. The van der Waals surface area contributed by atoms with Crippen molar-refractivity contribution in [3.05, 3.63) is 22.2 Å². The van der Waals surface area contributed by atoms with Crippen LogP contribution in [0.2, 0.25) is 0 Å². The summed E-state index contributed by atoms with van der Waals surface area (Å²) in [7, 11) is 1.54. The molecular formula is C13H18BrNO3. The quantitative estimate of drug-likeness (QED) is 0.893. The molecule has 2 rings (SSSR count). The van der Waals surface area contributed by atoms with Gasteiger partial charge in [0, 0.05) is 12.6 Å². The second-order valence-corrected chi connectivity index (χ2v) is 5.43. The second-order valence-electron chi connectivity index (χ2n) is 4.58. The molecule has 1 fully saturated rings. The molecule has 1 aromatic rings. The number of hydrogen-bond acceptors (Lipinski definition) is 4. The molecule has 0 spiro atoms. The summed E-state index contributed by atoms with van der Waals surface area (Å²) in [6, 6.07) is 3.99. The van der Waals surface area contributed by atoms with Gasteiger partial charge in [-0.25, -0.2) is 0 Å². The number of aromatic hydroxyl groups is 1. The molecule has 1 aliphatic heterocycles. The molecule has 4 nitrogen and oxygen atoms in total. The second kappa shape index (κ2) is 5.91. The van der Waals surface area contributed by atoms with Gasteiger partial charge in [-0.05, 0) is 53.0 Å². The van der Waals surface area contributed by atoms with E-state index in [4.69, 9.17) is 4.74 Å². The molecule has 1 heterocycles. The van der Waals surface area contributed by atoms with Crippen LogP contribution in [0.4, 0.5) is 0 Å². The van der Waals surface area contributed by atoms with Crippen molar-refractivity contribution < 1.29 is 14.9 Å². The Bertz CT molecular complexity index is 425. The lowest BCUT2D eigenvalue weighted by Gasteiger charge is -2.23. The van der Waals surface area contributed by atoms with Crippen LogP contribution in [0.15, 0.2) is 16.6 Å². The van der Waals surface area contributed by atoms with Crippen molar-refractivity contribution in [3.63, 3.8) is 0 Å². The third-order valence-electron chi connectivity index (χ3n) is 3.40. The molecule has 0 radical (unpaired) electrons. The molecule has 1 aliphatic rings. The van der Waals surface area contributed by atoms with E-state index in [9.17, 15) is 10.2 Å². The summed E-state index contributed by atoms with van der Waals surface area (Å²) in [4.78, 5) is 2.26. The number of phenols is 1. The fraction of sp³-hybridized carbons (Fsp3) is 0.538. The lowest BCUT2D eigenvalue weighted by Crippen LogP contribution is -2.31. The van der Waals surface area contributed by atoms with Gasteiger partial charge in [-0.2, -0.15) is 0 Å². The largest absolute Gasteiger partial charge is 0.503 e. The van der Waals surface area contributed by atoms with Crippen LogP contribution in [0.1, 0.15) is 18.4 Å². The van der Waals surface area contributed by atoms with E-state index < -0.39 is 0 Å². The van der Waals surface area contributed by atoms with Crippen molar-refractivity contribution in [2.24, 2.45) is 0 Å². The van der Waals surface area contributed by atoms with Gasteiger partial charge in [-0.3, -0.25) is 4.90 Å². The maximum Gasteiger partial charge on any atom is 0.172 e. The number of ether oxygens (including phenoxy) is 1. The van der Waals surface area contributed by atoms with Crippen LogP contribution < -0.4 is 4.74 Å². The molecule has 1 aromatic carbocycles. The predicted molar refractivity (Wildman–Crippen MR) is 72.9 cm³/mol. The van der Waals surface area contributed by atoms with Gasteiger partial charge in [0.15, 0.2) is 11.5 Å². The molecule has 0 saturated carbocycles. The normalized spacial score (nSPS) is 20.3. The Balaban J connectivity index is 2.16. The van der Waals surface area contributed by atoms with Crippen molar-refractivity contribution in [2.45, 2.75) is 25.4 Å². The number of halogens is 1. The lowest BCUT2D eigenvalue weighted by molar-refractivity contribution is 0.153. The molecule has 5 heteroatoms. The van der Waals surface area contributed by atoms with Gasteiger partial charge in [0.25, 0.3) is 0 Å². The SMILES string of the molecule is COc1cc(CN2CCC[C@@H]2CO)cc(Br)c1O. The Kier molecular flexibility index (Phi) is 4.48. The van der Waals surface area contributed by atoms with E-state index in [1.165, 1.54) is 7.11 Å². The minimum absolute atomic E-state index is 0.126. The van der Waals surface area contributed by atoms with Crippen LogP contribution in [0.25, 0.3) is 0 Å². The number of aliphatic hydroxyl groups excluding tert-OH is 1. The molecule has 1 saturated heterocycles. The maximum atomic E-state index is 9.76. The van der Waals surface area contributed by atoms with E-state index >= 15 is 0 Å². The number of aliphatic hydroxyl groups is 1. The Morgan fingerprint density at radius 2 is 2.28 bits per heavy atom. The van der Waals surface area contributed by atoms with E-state index in [1.807, 2.05) is 12.1 Å². The van der Waals surface area contributed by atoms with Gasteiger partial charge in [0.05, 0.1) is 18.2 Å². The zero-order valence-corrected chi connectivity index (χ0v) is 12.0. The van der Waals surface area contributed by atoms with E-state index in [0.29, 0.717) is 10.2 Å². The Morgan fingerprint density at radius 1 is 1.50 bits per heavy atom. The highest BCUT2D eigenvalue weighted by Gasteiger charge is 2.24. The van der Waals surface area contributed by atoms with Gasteiger partial charge in [0.2, 0.25) is 0 Å². The number of likely N-dealkylation sites (tertiary alicyclic amines) is 1. The van der Waals surface area contributed by atoms with Gasteiger partial charge >= 0.3 is 0 Å². The molecule has 2 N–H and O–H groups in total. The van der Waals surface area contributed by atoms with Crippen LogP contribution in [0.5, 0.6) is 11.5 Å². The summed E-state index contributed by atoms with van der Waals surface area (Å²) < 4.78 is 5.77. The summed E-state index contributed by atoms with van der Waals surface area (Å²) in [6.45, 7) is 1.98. The number of hydrogen-bond donors (Lipinski definition) is 2. The summed E-state index contributed by atoms with van der Waals surface area (Å²) in [5.74, 6) is 0.598. The average Bonchev–Trinajstić information content (AvgIpc) is 2.80. The molecule has 0 aliphatic carbocycles. The summed E-state index contributed by atoms with van der Waals surface area (Å²) in [6.07, 6.45) is 2.18. The Hall–Kier alpha value is -0.780. The molecule has 1 atom stereocenters. The lowest BCUT2D eigenvalue weighted by atomic mass is 10.1. The van der Waals surface area contributed by atoms with Crippen molar-refractivity contribution in [1.82, 2.24) is 4.90 Å². The third-order valence-corrected chi connectivity index (χ3v) is 4.01. The van der Waals surface area contributed by atoms with Gasteiger partial charge in [-0.1, -0.05) is 0 Å². The number of phenolic OH excluding ortho intramolecular Hbond substituents is 1. The van der Waals surface area contributed by atoms with Crippen molar-refractivity contribution in [1.29, 1.82) is 0 Å². The zero-order valence-electron chi connectivity index (χ0n) is 10.4. The predicted octanol–water partition coefficient (Wildman–Crippen LogP) is 2.12. The highest BCUT2D eigenvalue weighted by Crippen LogP contribution is 2.36. The molecule has 0 aromatic heterocycles. The standard InChI is InChI=1S/C13H18BrNO3/c1-18-12-6-9(5-11(14)13(12)17)7-15-4-2-3-10(15)8-16/h5-6,10,16-17H,2-4,7-8H2,1H3/t10-/m1/s1. The summed E-state index contributed by atoms with van der Waals surface area (Å²) in [5, 5.41) is 19.1. The van der Waals surface area contributed by atoms with Gasteiger partial charge in [-0.15, -0.1) is 0 Å². The molecule has 0 unspecified atom stereocenters. The first kappa shape index (κ1) is 13.6.